The Bertz CT molecular complexity index is 1290. The van der Waals surface area contributed by atoms with Gasteiger partial charge in [0.15, 0.2) is 5.82 Å². The molecule has 1 amide bonds. The molecule has 0 radical (unpaired) electrons. The molecule has 4 heterocycles. The Morgan fingerprint density at radius 2 is 1.76 bits per heavy atom. The molecule has 0 bridgehead atoms. The van der Waals surface area contributed by atoms with Gasteiger partial charge in [0.25, 0.3) is 5.91 Å². The Balaban J connectivity index is 0.000000426. The van der Waals surface area contributed by atoms with Gasteiger partial charge in [-0.25, -0.2) is 9.78 Å². The van der Waals surface area contributed by atoms with Gasteiger partial charge in [-0.15, -0.1) is 0 Å². The number of likely N-dealkylation sites (tertiary alicyclic amines) is 1. The lowest BCUT2D eigenvalue weighted by Crippen LogP contribution is -2.44. The number of amides is 1. The van der Waals surface area contributed by atoms with Crippen molar-refractivity contribution in [2.24, 2.45) is 11.8 Å². The van der Waals surface area contributed by atoms with E-state index in [1.807, 2.05) is 43.1 Å². The summed E-state index contributed by atoms with van der Waals surface area (Å²) in [5.41, 5.74) is 5.35. The van der Waals surface area contributed by atoms with E-state index in [0.29, 0.717) is 11.5 Å². The molecule has 2 fully saturated rings. The van der Waals surface area contributed by atoms with Crippen molar-refractivity contribution in [2.75, 3.05) is 13.1 Å². The summed E-state index contributed by atoms with van der Waals surface area (Å²) in [5.74, 6) is -0.415. The first kappa shape index (κ1) is 27.3. The second kappa shape index (κ2) is 11.3. The number of pyridine rings is 2. The molecule has 5 rings (SSSR count). The van der Waals surface area contributed by atoms with Crippen LogP contribution in [0.4, 0.5) is 13.2 Å². The molecule has 2 aliphatic rings. The number of imidazole rings is 1. The first-order valence-electron chi connectivity index (χ1n) is 12.6. The maximum atomic E-state index is 13.2. The number of piperidine rings is 1. The number of aryl methyl sites for hydroxylation is 2. The van der Waals surface area contributed by atoms with E-state index < -0.39 is 12.1 Å². The molecule has 1 aliphatic carbocycles. The molecule has 2 N–H and O–H groups in total. The van der Waals surface area contributed by atoms with E-state index in [-0.39, 0.29) is 5.91 Å². The number of nitrogens with zero attached hydrogens (tertiary/aromatic N) is 4. The molecule has 0 unspecified atom stereocenters. The number of aromatic nitrogens is 4. The second-order valence-electron chi connectivity index (χ2n) is 9.84. The lowest BCUT2D eigenvalue weighted by atomic mass is 9.75. The number of alkyl halides is 3. The van der Waals surface area contributed by atoms with Gasteiger partial charge in [-0.1, -0.05) is 19.3 Å². The van der Waals surface area contributed by atoms with Gasteiger partial charge in [0.2, 0.25) is 0 Å². The van der Waals surface area contributed by atoms with Gasteiger partial charge in [-0.2, -0.15) is 13.2 Å². The van der Waals surface area contributed by atoms with Gasteiger partial charge in [0.1, 0.15) is 5.69 Å². The molecular formula is C27H30F3N5O3. The molecule has 1 saturated carbocycles. The first-order valence-corrected chi connectivity index (χ1v) is 12.6. The van der Waals surface area contributed by atoms with Crippen molar-refractivity contribution >= 4 is 11.9 Å². The van der Waals surface area contributed by atoms with Gasteiger partial charge in [-0.05, 0) is 62.3 Å². The highest BCUT2D eigenvalue weighted by atomic mass is 19.4. The van der Waals surface area contributed by atoms with Gasteiger partial charge in [-0.3, -0.25) is 14.8 Å². The number of H-pyrrole nitrogens is 1. The Kier molecular flexibility index (Phi) is 8.13. The average Bonchev–Trinajstić information content (AvgIpc) is 3.26. The quantitative estimate of drug-likeness (QED) is 0.468. The highest BCUT2D eigenvalue weighted by Gasteiger charge is 2.38. The number of hydrogen-bond donors (Lipinski definition) is 2. The van der Waals surface area contributed by atoms with Gasteiger partial charge in [0, 0.05) is 42.9 Å². The number of halogens is 3. The summed E-state index contributed by atoms with van der Waals surface area (Å²) in [5, 5.41) is 7.12. The van der Waals surface area contributed by atoms with Crippen LogP contribution in [0.15, 0.2) is 36.8 Å². The molecule has 8 nitrogen and oxygen atoms in total. The maximum Gasteiger partial charge on any atom is 0.490 e. The van der Waals surface area contributed by atoms with Crippen molar-refractivity contribution in [3.63, 3.8) is 0 Å². The number of carboxylic acids is 1. The van der Waals surface area contributed by atoms with E-state index in [1.165, 1.54) is 25.7 Å². The van der Waals surface area contributed by atoms with Crippen molar-refractivity contribution in [2.45, 2.75) is 52.1 Å². The maximum absolute atomic E-state index is 13.2. The minimum absolute atomic E-state index is 0.102. The zero-order valence-corrected chi connectivity index (χ0v) is 21.3. The molecule has 11 heteroatoms. The van der Waals surface area contributed by atoms with E-state index in [0.717, 1.165) is 59.5 Å². The Hall–Kier alpha value is -3.76. The number of carbonyl (C=O) groups excluding carboxylic acids is 1. The second-order valence-corrected chi connectivity index (χ2v) is 9.84. The van der Waals surface area contributed by atoms with Gasteiger partial charge in [0.05, 0.1) is 11.3 Å². The summed E-state index contributed by atoms with van der Waals surface area (Å²) in [6.45, 7) is 5.74. The van der Waals surface area contributed by atoms with Crippen molar-refractivity contribution in [3.8, 4) is 22.6 Å². The van der Waals surface area contributed by atoms with Crippen molar-refractivity contribution in [3.05, 3.63) is 53.7 Å². The van der Waals surface area contributed by atoms with Crippen LogP contribution in [0.5, 0.6) is 0 Å². The molecule has 3 aromatic rings. The third kappa shape index (κ3) is 6.38. The molecule has 2 atom stereocenters. The van der Waals surface area contributed by atoms with E-state index in [9.17, 15) is 18.0 Å². The number of hydrogen-bond acceptors (Lipinski definition) is 5. The SMILES string of the molecule is Cc1nc(-c2cc(-c3cncc(C(=O)N4CC[C@H]5CCCC[C@@H]5C4)c3)ccn2)[nH]c1C.O=C(O)C(F)(F)F. The fourth-order valence-electron chi connectivity index (χ4n) is 5.09. The number of rotatable bonds is 3. The fraction of sp³-hybridized carbons (Fsp3) is 0.444. The number of nitrogens with one attached hydrogen (secondary N) is 1. The van der Waals surface area contributed by atoms with Crippen LogP contribution in [0.3, 0.4) is 0 Å². The summed E-state index contributed by atoms with van der Waals surface area (Å²) >= 11 is 0. The van der Waals surface area contributed by atoms with E-state index in [4.69, 9.17) is 9.90 Å². The summed E-state index contributed by atoms with van der Waals surface area (Å²) in [7, 11) is 0. The zero-order chi connectivity index (χ0) is 27.4. The molecule has 1 saturated heterocycles. The molecule has 0 aromatic carbocycles. The van der Waals surface area contributed by atoms with E-state index >= 15 is 0 Å². The Morgan fingerprint density at radius 1 is 1.05 bits per heavy atom. The zero-order valence-electron chi connectivity index (χ0n) is 21.3. The standard InChI is InChI=1S/C25H29N5O.C2HF3O2/c1-16-17(2)29-24(28-16)23-12-19(7-9-27-23)21-11-22(14-26-13-21)25(31)30-10-8-18-5-3-4-6-20(18)15-30;3-2(4,5)1(6)7/h7,9,11-14,18,20H,3-6,8,10,15H2,1-2H3,(H,28,29);(H,6,7)/t18-,20-;/m1./s1. The van der Waals surface area contributed by atoms with Crippen LogP contribution < -0.4 is 0 Å². The van der Waals surface area contributed by atoms with E-state index in [1.54, 1.807) is 12.4 Å². The number of aliphatic carboxylic acids is 1. The van der Waals surface area contributed by atoms with Crippen LogP contribution in [-0.4, -0.2) is 61.1 Å². The van der Waals surface area contributed by atoms with E-state index in [2.05, 4.69) is 19.9 Å². The third-order valence-corrected chi connectivity index (χ3v) is 7.27. The molecule has 202 valence electrons. The largest absolute Gasteiger partial charge is 0.490 e. The normalized spacial score (nSPS) is 19.2. The Morgan fingerprint density at radius 3 is 2.42 bits per heavy atom. The topological polar surface area (TPSA) is 112 Å². The van der Waals surface area contributed by atoms with Gasteiger partial charge < -0.3 is 15.0 Å². The van der Waals surface area contributed by atoms with Crippen molar-refractivity contribution < 1.29 is 27.9 Å². The van der Waals surface area contributed by atoms with Crippen LogP contribution in [0.25, 0.3) is 22.6 Å². The summed E-state index contributed by atoms with van der Waals surface area (Å²) in [6, 6.07) is 5.90. The summed E-state index contributed by atoms with van der Waals surface area (Å²) < 4.78 is 31.7. The van der Waals surface area contributed by atoms with Crippen LogP contribution in [0, 0.1) is 25.7 Å². The predicted octanol–water partition coefficient (Wildman–Crippen LogP) is 5.44. The van der Waals surface area contributed by atoms with Crippen LogP contribution in [0.2, 0.25) is 0 Å². The average molecular weight is 530 g/mol. The lowest BCUT2D eigenvalue weighted by Gasteiger charge is -2.41. The molecule has 1 aliphatic heterocycles. The number of fused-ring (bicyclic) bond motifs is 1. The van der Waals surface area contributed by atoms with Crippen molar-refractivity contribution in [1.29, 1.82) is 0 Å². The molecule has 3 aromatic heterocycles. The molecule has 0 spiro atoms. The monoisotopic (exact) mass is 529 g/mol. The lowest BCUT2D eigenvalue weighted by molar-refractivity contribution is -0.192. The molecule has 38 heavy (non-hydrogen) atoms. The summed E-state index contributed by atoms with van der Waals surface area (Å²) in [4.78, 5) is 40.9. The number of carboxylic acid groups (broad SMARTS) is 1. The minimum atomic E-state index is -5.08. The third-order valence-electron chi connectivity index (χ3n) is 7.27. The fourth-order valence-corrected chi connectivity index (χ4v) is 5.09. The summed E-state index contributed by atoms with van der Waals surface area (Å²) in [6.07, 6.45) is 6.59. The smallest absolute Gasteiger partial charge is 0.475 e. The van der Waals surface area contributed by atoms with Crippen LogP contribution in [0.1, 0.15) is 53.8 Å². The first-order chi connectivity index (χ1) is 18.0. The minimum Gasteiger partial charge on any atom is -0.475 e. The molecular weight excluding hydrogens is 499 g/mol. The van der Waals surface area contributed by atoms with Crippen LogP contribution >= 0.6 is 0 Å². The predicted molar refractivity (Wildman–Crippen MR) is 134 cm³/mol. The van der Waals surface area contributed by atoms with Crippen molar-refractivity contribution in [1.82, 2.24) is 24.8 Å². The van der Waals surface area contributed by atoms with Crippen LogP contribution in [-0.2, 0) is 4.79 Å². The number of aromatic amines is 1. The highest BCUT2D eigenvalue weighted by Crippen LogP contribution is 2.36. The van der Waals surface area contributed by atoms with Gasteiger partial charge >= 0.3 is 12.1 Å². The Labute approximate surface area is 218 Å². The highest BCUT2D eigenvalue weighted by molar-refractivity contribution is 5.95. The number of carbonyl (C=O) groups is 2.